The molecular weight excluding hydrogens is 431 g/mol. The quantitative estimate of drug-likeness (QED) is 0.339. The average Bonchev–Trinajstić information content (AvgIpc) is 2.68. The van der Waals surface area contributed by atoms with Crippen LogP contribution < -0.4 is 25.9 Å². The molecule has 0 fully saturated rings. The van der Waals surface area contributed by atoms with Gasteiger partial charge in [-0.15, -0.1) is 0 Å². The summed E-state index contributed by atoms with van der Waals surface area (Å²) in [5, 5.41) is 0. The van der Waals surface area contributed by atoms with Crippen LogP contribution in [0, 0.1) is 7.14 Å². The van der Waals surface area contributed by atoms with E-state index in [9.17, 15) is 0 Å². The molecule has 1 nitrogen and oxygen atoms in total. The third-order valence-electron chi connectivity index (χ3n) is 4.77. The van der Waals surface area contributed by atoms with E-state index in [1.165, 1.54) is 51.2 Å². The zero-order valence-corrected chi connectivity index (χ0v) is 18.8. The number of hydrogen-bond donors (Lipinski definition) is 0. The van der Waals surface area contributed by atoms with Gasteiger partial charge in [0.25, 0.3) is 0 Å². The molecule has 0 aromatic heterocycles. The molecule has 0 saturated carbocycles. The van der Waals surface area contributed by atoms with Gasteiger partial charge in [0.05, 0.1) is 0 Å². The molecule has 0 aliphatic carbocycles. The Bertz CT molecular complexity index is 603. The predicted octanol–water partition coefficient (Wildman–Crippen LogP) is 4.07. The number of hydrogen-bond acceptors (Lipinski definition) is 1. The summed E-state index contributed by atoms with van der Waals surface area (Å²) in [6.07, 6.45) is 8.81. The van der Waals surface area contributed by atoms with Crippen molar-refractivity contribution in [2.75, 3.05) is 6.61 Å². The van der Waals surface area contributed by atoms with Crippen LogP contribution in [-0.2, 0) is 0 Å². The topological polar surface area (TPSA) is 9.23 Å². The monoisotopic (exact) mass is 465 g/mol. The van der Waals surface area contributed by atoms with Gasteiger partial charge in [-0.2, -0.15) is 0 Å². The first-order valence-corrected chi connectivity index (χ1v) is 12.4. The summed E-state index contributed by atoms with van der Waals surface area (Å²) >= 11 is -0.107. The van der Waals surface area contributed by atoms with Gasteiger partial charge in [0.2, 0.25) is 0 Å². The van der Waals surface area contributed by atoms with Crippen molar-refractivity contribution in [3.63, 3.8) is 0 Å². The number of unbranched alkanes of at least 4 members (excludes halogenated alkanes) is 3. The van der Waals surface area contributed by atoms with Gasteiger partial charge in [-0.1, -0.05) is 0 Å². The van der Waals surface area contributed by atoms with Crippen molar-refractivity contribution in [2.45, 2.75) is 71.6 Å². The van der Waals surface area contributed by atoms with Crippen molar-refractivity contribution < 1.29 is 25.9 Å². The summed E-state index contributed by atoms with van der Waals surface area (Å²) in [4.78, 5) is 0. The van der Waals surface area contributed by atoms with E-state index in [0.29, 0.717) is 0 Å². The molecule has 0 radical (unpaired) electrons. The Hall–Kier alpha value is -1.03. The molecule has 1 unspecified atom stereocenters. The molecule has 0 bridgehead atoms. The Kier molecular flexibility index (Phi) is 10.1. The second kappa shape index (κ2) is 12.4. The Labute approximate surface area is 170 Å². The maximum atomic E-state index is 5.85. The molecular formula is C24H34IO-. The molecule has 26 heavy (non-hydrogen) atoms. The van der Waals surface area contributed by atoms with Crippen molar-refractivity contribution in [2.24, 2.45) is 0 Å². The van der Waals surface area contributed by atoms with Crippen molar-refractivity contribution in [1.82, 2.24) is 0 Å². The molecule has 144 valence electrons. The SMILES string of the molecule is CCCCCCOc1ccc([I-]c2ccc(C(CC)CCC)cc2)cc1. The molecule has 2 aromatic carbocycles. The summed E-state index contributed by atoms with van der Waals surface area (Å²) in [5.41, 5.74) is 1.51. The van der Waals surface area contributed by atoms with Crippen LogP contribution in [0.5, 0.6) is 5.75 Å². The fourth-order valence-electron chi connectivity index (χ4n) is 3.19. The number of rotatable bonds is 12. The first-order valence-electron chi connectivity index (χ1n) is 10.2. The van der Waals surface area contributed by atoms with Gasteiger partial charge in [0, 0.05) is 0 Å². The molecule has 0 amide bonds. The predicted molar refractivity (Wildman–Crippen MR) is 108 cm³/mol. The Morgan fingerprint density at radius 3 is 2.00 bits per heavy atom. The minimum absolute atomic E-state index is 0.107. The third kappa shape index (κ3) is 7.30. The van der Waals surface area contributed by atoms with Crippen molar-refractivity contribution >= 4 is 0 Å². The van der Waals surface area contributed by atoms with Crippen LogP contribution in [0.3, 0.4) is 0 Å². The van der Waals surface area contributed by atoms with Crippen LogP contribution in [0.1, 0.15) is 77.2 Å². The number of halogens is 1. The normalized spacial score (nSPS) is 12.3. The van der Waals surface area contributed by atoms with Gasteiger partial charge < -0.3 is 0 Å². The van der Waals surface area contributed by atoms with Gasteiger partial charge in [-0.3, -0.25) is 0 Å². The first kappa shape index (κ1) is 21.3. The van der Waals surface area contributed by atoms with Crippen LogP contribution in [0.2, 0.25) is 0 Å². The van der Waals surface area contributed by atoms with E-state index in [2.05, 4.69) is 69.3 Å². The molecule has 1 atom stereocenters. The Morgan fingerprint density at radius 1 is 0.769 bits per heavy atom. The zero-order valence-electron chi connectivity index (χ0n) is 16.6. The van der Waals surface area contributed by atoms with Crippen LogP contribution in [0.25, 0.3) is 0 Å². The second-order valence-corrected chi connectivity index (χ2v) is 9.93. The van der Waals surface area contributed by atoms with Gasteiger partial charge in [-0.25, -0.2) is 0 Å². The minimum atomic E-state index is -0.107. The fourth-order valence-corrected chi connectivity index (χ4v) is 5.35. The zero-order chi connectivity index (χ0) is 18.6. The fraction of sp³-hybridized carbons (Fsp3) is 0.500. The summed E-state index contributed by atoms with van der Waals surface area (Å²) < 4.78 is 8.79. The standard InChI is InChI=1S/C24H34IO/c1-4-7-8-9-19-26-24-17-15-23(16-18-24)25-22-13-11-21(12-14-22)20(6-3)10-5-2/h11-18,20H,4-10,19H2,1-3H3/q-1. The van der Waals surface area contributed by atoms with Crippen molar-refractivity contribution in [1.29, 1.82) is 0 Å². The maximum absolute atomic E-state index is 5.85. The van der Waals surface area contributed by atoms with Gasteiger partial charge in [0.1, 0.15) is 0 Å². The summed E-state index contributed by atoms with van der Waals surface area (Å²) in [6.45, 7) is 7.66. The molecule has 2 heteroatoms. The van der Waals surface area contributed by atoms with Crippen LogP contribution in [0.15, 0.2) is 48.5 Å². The van der Waals surface area contributed by atoms with E-state index in [1.807, 2.05) is 0 Å². The Morgan fingerprint density at radius 2 is 1.42 bits per heavy atom. The van der Waals surface area contributed by atoms with E-state index in [1.54, 1.807) is 0 Å². The number of ether oxygens (including phenoxy) is 1. The second-order valence-electron chi connectivity index (χ2n) is 6.90. The van der Waals surface area contributed by atoms with E-state index in [4.69, 9.17) is 4.74 Å². The van der Waals surface area contributed by atoms with E-state index in [0.717, 1.165) is 24.7 Å². The molecule has 2 rings (SSSR count). The third-order valence-corrected chi connectivity index (χ3v) is 7.45. The molecule has 0 aliphatic heterocycles. The number of benzene rings is 2. The molecule has 0 N–H and O–H groups in total. The molecule has 0 spiro atoms. The van der Waals surface area contributed by atoms with Gasteiger partial charge in [-0.05, 0) is 0 Å². The van der Waals surface area contributed by atoms with Crippen LogP contribution in [-0.4, -0.2) is 6.61 Å². The molecule has 2 aromatic rings. The summed E-state index contributed by atoms with van der Waals surface area (Å²) in [5.74, 6) is 1.73. The van der Waals surface area contributed by atoms with Crippen LogP contribution >= 0.6 is 0 Å². The summed E-state index contributed by atoms with van der Waals surface area (Å²) in [7, 11) is 0. The average molecular weight is 465 g/mol. The van der Waals surface area contributed by atoms with E-state index in [-0.39, 0.29) is 21.2 Å². The molecule has 0 heterocycles. The van der Waals surface area contributed by atoms with Crippen molar-refractivity contribution in [3.05, 3.63) is 61.2 Å². The summed E-state index contributed by atoms with van der Waals surface area (Å²) in [6, 6.07) is 18.2. The van der Waals surface area contributed by atoms with Crippen LogP contribution in [0.4, 0.5) is 0 Å². The van der Waals surface area contributed by atoms with Crippen molar-refractivity contribution in [3.8, 4) is 5.75 Å². The van der Waals surface area contributed by atoms with Gasteiger partial charge >= 0.3 is 171 Å². The first-order chi connectivity index (χ1) is 12.8. The van der Waals surface area contributed by atoms with E-state index < -0.39 is 0 Å². The molecule has 0 aliphatic rings. The molecule has 0 saturated heterocycles. The van der Waals surface area contributed by atoms with E-state index >= 15 is 0 Å². The Balaban J connectivity index is 1.84. The van der Waals surface area contributed by atoms with Gasteiger partial charge in [0.15, 0.2) is 0 Å².